The summed E-state index contributed by atoms with van der Waals surface area (Å²) in [4.78, 5) is 20.5. The van der Waals surface area contributed by atoms with Gasteiger partial charge in [0.2, 0.25) is 12.8 Å². The topological polar surface area (TPSA) is 111 Å². The maximum atomic E-state index is 13.9. The molecule has 220 valence electrons. The van der Waals surface area contributed by atoms with Gasteiger partial charge in [-0.25, -0.2) is 8.78 Å². The number of hydrogen-bond acceptors (Lipinski definition) is 5. The lowest BCUT2D eigenvalue weighted by atomic mass is 9.85. The fourth-order valence-electron chi connectivity index (χ4n) is 3.33. The summed E-state index contributed by atoms with van der Waals surface area (Å²) in [6, 6.07) is 2.75. The molecule has 1 heterocycles. The molecular formula is C28H41Cl2F2N3O4. The van der Waals surface area contributed by atoms with Gasteiger partial charge in [0.05, 0.1) is 10.1 Å². The van der Waals surface area contributed by atoms with Gasteiger partial charge in [0.15, 0.2) is 0 Å². The fraction of sp³-hybridized carbons (Fsp3) is 0.500. The van der Waals surface area contributed by atoms with Gasteiger partial charge in [0, 0.05) is 43.8 Å². The number of carbonyl (C=O) groups is 2. The van der Waals surface area contributed by atoms with E-state index in [1.807, 2.05) is 0 Å². The number of aliphatic hydroxyl groups excluding tert-OH is 2. The number of benzene rings is 1. The zero-order chi connectivity index (χ0) is 30.0. The summed E-state index contributed by atoms with van der Waals surface area (Å²) in [6.45, 7) is 13.6. The summed E-state index contributed by atoms with van der Waals surface area (Å²) in [7, 11) is 0. The van der Waals surface area contributed by atoms with Crippen LogP contribution in [0.25, 0.3) is 0 Å². The number of nitrogens with one attached hydrogen (secondary N) is 3. The molecule has 1 aromatic carbocycles. The monoisotopic (exact) mass is 591 g/mol. The molecule has 7 nitrogen and oxygen atoms in total. The molecule has 0 aromatic heterocycles. The first-order chi connectivity index (χ1) is 18.3. The van der Waals surface area contributed by atoms with Crippen LogP contribution in [0.2, 0.25) is 5.02 Å². The van der Waals surface area contributed by atoms with E-state index >= 15 is 0 Å². The van der Waals surface area contributed by atoms with Gasteiger partial charge in [-0.05, 0) is 54.1 Å². The van der Waals surface area contributed by atoms with E-state index in [2.05, 4.69) is 50.2 Å². The van der Waals surface area contributed by atoms with E-state index in [-0.39, 0.29) is 41.0 Å². The number of anilines is 1. The minimum Gasteiger partial charge on any atom is -0.396 e. The molecule has 2 atom stereocenters. The third-order valence-corrected chi connectivity index (χ3v) is 5.79. The summed E-state index contributed by atoms with van der Waals surface area (Å²) >= 11 is 11.5. The predicted molar refractivity (Wildman–Crippen MR) is 155 cm³/mol. The molecule has 1 fully saturated rings. The Morgan fingerprint density at radius 2 is 1.82 bits per heavy atom. The van der Waals surface area contributed by atoms with Crippen molar-refractivity contribution in [3.8, 4) is 0 Å². The Labute approximate surface area is 240 Å². The van der Waals surface area contributed by atoms with E-state index in [1.165, 1.54) is 24.3 Å². The van der Waals surface area contributed by atoms with Gasteiger partial charge >= 0.3 is 0 Å². The molecule has 0 saturated carbocycles. The molecule has 0 bridgehead atoms. The number of allylic oxidation sites excluding steroid dienone is 5. The van der Waals surface area contributed by atoms with Crippen LogP contribution in [0.1, 0.15) is 45.6 Å². The highest BCUT2D eigenvalue weighted by molar-refractivity contribution is 6.31. The molecule has 5 N–H and O–H groups in total. The van der Waals surface area contributed by atoms with E-state index < -0.39 is 11.6 Å². The quantitative estimate of drug-likeness (QED) is 0.167. The van der Waals surface area contributed by atoms with Crippen molar-refractivity contribution in [3.05, 3.63) is 64.2 Å². The molecule has 2 rings (SSSR count). The lowest BCUT2D eigenvalue weighted by molar-refractivity contribution is -0.109. The number of aliphatic hydroxyl groups is 2. The van der Waals surface area contributed by atoms with E-state index in [0.717, 1.165) is 0 Å². The highest BCUT2D eigenvalue weighted by Gasteiger charge is 2.30. The number of halogens is 4. The third-order valence-electron chi connectivity index (χ3n) is 5.16. The van der Waals surface area contributed by atoms with Crippen molar-refractivity contribution in [1.29, 1.82) is 0 Å². The predicted octanol–water partition coefficient (Wildman–Crippen LogP) is 5.29. The second-order valence-corrected chi connectivity index (χ2v) is 11.3. The minimum atomic E-state index is -0.556. The maximum absolute atomic E-state index is 13.9. The Bertz CT molecular complexity index is 959. The van der Waals surface area contributed by atoms with Gasteiger partial charge < -0.3 is 26.2 Å². The molecule has 11 heteroatoms. The lowest BCUT2D eigenvalue weighted by Crippen LogP contribution is -2.26. The third kappa shape index (κ3) is 15.8. The smallest absolute Gasteiger partial charge is 0.211 e. The van der Waals surface area contributed by atoms with Crippen molar-refractivity contribution < 1.29 is 28.6 Å². The molecule has 0 aliphatic carbocycles. The molecule has 1 aliphatic rings. The van der Waals surface area contributed by atoms with Gasteiger partial charge in [-0.2, -0.15) is 0 Å². The molecule has 1 saturated heterocycles. The molecule has 1 aromatic rings. The molecule has 0 unspecified atom stereocenters. The highest BCUT2D eigenvalue weighted by atomic mass is 35.5. The molecule has 0 spiro atoms. The van der Waals surface area contributed by atoms with Gasteiger partial charge in [-0.15, -0.1) is 0 Å². The van der Waals surface area contributed by atoms with E-state index in [0.29, 0.717) is 55.5 Å². The molecule has 1 aliphatic heterocycles. The fourth-order valence-corrected chi connectivity index (χ4v) is 3.55. The zero-order valence-corrected chi connectivity index (χ0v) is 24.5. The first kappa shape index (κ1) is 36.7. The second-order valence-electron chi connectivity index (χ2n) is 10.4. The van der Waals surface area contributed by atoms with Gasteiger partial charge in [-0.3, -0.25) is 9.59 Å². The zero-order valence-electron chi connectivity index (χ0n) is 22.9. The van der Waals surface area contributed by atoms with Crippen molar-refractivity contribution in [1.82, 2.24) is 10.6 Å². The summed E-state index contributed by atoms with van der Waals surface area (Å²) in [6.07, 6.45) is 5.85. The van der Waals surface area contributed by atoms with Crippen molar-refractivity contribution >= 4 is 41.7 Å². The second kappa shape index (κ2) is 19.7. The largest absolute Gasteiger partial charge is 0.396 e. The summed E-state index contributed by atoms with van der Waals surface area (Å²) < 4.78 is 27.5. The standard InChI is InChI=1S/C18H18Cl2F2N2O.C5H11NO3.C5H12/c1-2-14(19)16(21)5-3-4-11-8-23-9-13(11)12-6-17(22)15(20)7-18(12)24-10-25;7-2-5(3-8)1-6-4-9;1-5(2,3)4/h2-3,5-7,10-11,13,23H,1,4,8-9H2,(H,24,25);4-5,7-8H,1-3H2,(H,6,9);1-4H3/b5-3-,16-14-;;/t11-,13+;;/m0../s1. The number of rotatable bonds is 12. The van der Waals surface area contributed by atoms with Crippen LogP contribution >= 0.6 is 23.2 Å². The Hall–Kier alpha value is -2.30. The summed E-state index contributed by atoms with van der Waals surface area (Å²) in [5, 5.41) is 24.9. The number of hydrogen-bond donors (Lipinski definition) is 5. The van der Waals surface area contributed by atoms with Crippen LogP contribution in [-0.4, -0.2) is 55.9 Å². The Morgan fingerprint density at radius 3 is 2.33 bits per heavy atom. The SMILES string of the molecule is C=C/C(Cl)=C(F)\C=C/C[C@H]1CNC[C@H]1c1cc(F)c(Cl)cc1NC=O.CC(C)(C)C.O=CNCC(CO)CO. The van der Waals surface area contributed by atoms with Crippen LogP contribution in [-0.2, 0) is 9.59 Å². The summed E-state index contributed by atoms with van der Waals surface area (Å²) in [5.74, 6) is -1.25. The Morgan fingerprint density at radius 1 is 1.21 bits per heavy atom. The first-order valence-electron chi connectivity index (χ1n) is 12.5. The highest BCUT2D eigenvalue weighted by Crippen LogP contribution is 2.37. The average molecular weight is 593 g/mol. The van der Waals surface area contributed by atoms with Crippen molar-refractivity contribution in [3.63, 3.8) is 0 Å². The first-order valence-corrected chi connectivity index (χ1v) is 13.2. The van der Waals surface area contributed by atoms with Crippen LogP contribution in [0.4, 0.5) is 14.5 Å². The van der Waals surface area contributed by atoms with E-state index in [4.69, 9.17) is 33.4 Å². The molecular weight excluding hydrogens is 551 g/mol. The summed E-state index contributed by atoms with van der Waals surface area (Å²) in [5.41, 5.74) is 1.64. The maximum Gasteiger partial charge on any atom is 0.211 e. The molecule has 39 heavy (non-hydrogen) atoms. The number of amides is 2. The van der Waals surface area contributed by atoms with Crippen LogP contribution in [0.5, 0.6) is 0 Å². The van der Waals surface area contributed by atoms with Gasteiger partial charge in [0.1, 0.15) is 11.6 Å². The van der Waals surface area contributed by atoms with E-state index in [9.17, 15) is 18.4 Å². The van der Waals surface area contributed by atoms with E-state index in [1.54, 1.807) is 6.08 Å². The Balaban J connectivity index is 0.000000852. The van der Waals surface area contributed by atoms with Crippen molar-refractivity contribution in [2.24, 2.45) is 17.3 Å². The normalized spacial score (nSPS) is 17.4. The van der Waals surface area contributed by atoms with Crippen LogP contribution in [0, 0.1) is 23.1 Å². The molecule has 0 radical (unpaired) electrons. The lowest BCUT2D eigenvalue weighted by Gasteiger charge is -2.21. The van der Waals surface area contributed by atoms with Crippen LogP contribution < -0.4 is 16.0 Å². The van der Waals surface area contributed by atoms with Gasteiger partial charge in [-0.1, -0.05) is 63.6 Å². The van der Waals surface area contributed by atoms with Crippen LogP contribution in [0.3, 0.4) is 0 Å². The number of carbonyl (C=O) groups excluding carboxylic acids is 2. The minimum absolute atomic E-state index is 0.0409. The average Bonchev–Trinajstić information content (AvgIpc) is 3.34. The molecule has 2 amide bonds. The van der Waals surface area contributed by atoms with Crippen LogP contribution in [0.15, 0.2) is 47.8 Å². The van der Waals surface area contributed by atoms with Crippen molar-refractivity contribution in [2.75, 3.05) is 38.2 Å². The van der Waals surface area contributed by atoms with Gasteiger partial charge in [0.25, 0.3) is 0 Å². The Kier molecular flexibility index (Phi) is 18.5. The van der Waals surface area contributed by atoms with Crippen molar-refractivity contribution in [2.45, 2.75) is 40.0 Å².